The van der Waals surface area contributed by atoms with Crippen molar-refractivity contribution >= 4 is 11.9 Å². The molecule has 0 aliphatic rings. The van der Waals surface area contributed by atoms with E-state index in [4.69, 9.17) is 11.5 Å². The van der Waals surface area contributed by atoms with Crippen molar-refractivity contribution in [2.24, 2.45) is 0 Å². The summed E-state index contributed by atoms with van der Waals surface area (Å²) < 4.78 is 0. The van der Waals surface area contributed by atoms with Crippen LogP contribution in [-0.4, -0.2) is 35.0 Å². The zero-order chi connectivity index (χ0) is 11.0. The average molecular weight is 195 g/mol. The minimum atomic E-state index is -1.04. The smallest absolute Gasteiger partial charge is 0.323 e. The molecule has 76 valence electrons. The summed E-state index contributed by atoms with van der Waals surface area (Å²) in [4.78, 5) is 22.9. The standard InChI is InChI=1S/C10H13NO3/c1-3-5-6-9(12)11(7-4-2)8-10(13)14/h1,4H,2,5-8H2,(H,13,14). The molecule has 0 radical (unpaired) electrons. The lowest BCUT2D eigenvalue weighted by Gasteiger charge is -2.17. The summed E-state index contributed by atoms with van der Waals surface area (Å²) >= 11 is 0. The molecule has 0 heterocycles. The molecule has 0 aromatic carbocycles. The Bertz CT molecular complexity index is 265. The molecule has 0 saturated heterocycles. The number of nitrogens with zero attached hydrogens (tertiary/aromatic N) is 1. The minimum absolute atomic E-state index is 0.178. The number of hydrogen-bond acceptors (Lipinski definition) is 2. The lowest BCUT2D eigenvalue weighted by Crippen LogP contribution is -2.35. The second-order valence-corrected chi connectivity index (χ2v) is 2.66. The van der Waals surface area contributed by atoms with Crippen LogP contribution in [0.25, 0.3) is 0 Å². The fourth-order valence-electron chi connectivity index (χ4n) is 0.911. The topological polar surface area (TPSA) is 57.6 Å². The molecule has 0 aliphatic heterocycles. The molecule has 0 saturated carbocycles. The average Bonchev–Trinajstić information content (AvgIpc) is 2.13. The Morgan fingerprint density at radius 1 is 1.57 bits per heavy atom. The van der Waals surface area contributed by atoms with Crippen molar-refractivity contribution < 1.29 is 14.7 Å². The predicted octanol–water partition coefficient (Wildman–Crippen LogP) is 0.499. The second-order valence-electron chi connectivity index (χ2n) is 2.66. The molecule has 0 aliphatic carbocycles. The van der Waals surface area contributed by atoms with Crippen molar-refractivity contribution in [2.75, 3.05) is 13.1 Å². The van der Waals surface area contributed by atoms with E-state index in [0.717, 1.165) is 0 Å². The van der Waals surface area contributed by atoms with E-state index in [1.54, 1.807) is 0 Å². The highest BCUT2D eigenvalue weighted by Gasteiger charge is 2.14. The molecule has 4 nitrogen and oxygen atoms in total. The molecule has 0 atom stereocenters. The lowest BCUT2D eigenvalue weighted by molar-refractivity contribution is -0.144. The zero-order valence-corrected chi connectivity index (χ0v) is 7.90. The third-order valence-corrected chi connectivity index (χ3v) is 1.51. The first kappa shape index (κ1) is 12.2. The normalized spacial score (nSPS) is 8.79. The number of carbonyl (C=O) groups excluding carboxylic acids is 1. The molecule has 0 fully saturated rings. The Morgan fingerprint density at radius 2 is 2.21 bits per heavy atom. The molecule has 1 amide bonds. The van der Waals surface area contributed by atoms with Crippen molar-refractivity contribution in [1.82, 2.24) is 4.90 Å². The van der Waals surface area contributed by atoms with E-state index in [-0.39, 0.29) is 25.4 Å². The summed E-state index contributed by atoms with van der Waals surface area (Å²) in [6.45, 7) is 3.37. The molecule has 0 unspecified atom stereocenters. The van der Waals surface area contributed by atoms with E-state index in [1.165, 1.54) is 11.0 Å². The number of terminal acetylenes is 1. The van der Waals surface area contributed by atoms with Gasteiger partial charge in [-0.2, -0.15) is 0 Å². The molecule has 14 heavy (non-hydrogen) atoms. The van der Waals surface area contributed by atoms with E-state index >= 15 is 0 Å². The molecule has 4 heteroatoms. The summed E-state index contributed by atoms with van der Waals surface area (Å²) in [5.41, 5.74) is 0. The van der Waals surface area contributed by atoms with Crippen LogP contribution in [0.3, 0.4) is 0 Å². The first-order valence-electron chi connectivity index (χ1n) is 4.15. The maximum absolute atomic E-state index is 11.3. The van der Waals surface area contributed by atoms with Gasteiger partial charge in [-0.15, -0.1) is 18.9 Å². The fraction of sp³-hybridized carbons (Fsp3) is 0.400. The molecule has 0 bridgehead atoms. The highest BCUT2D eigenvalue weighted by atomic mass is 16.4. The molecular formula is C10H13NO3. The van der Waals surface area contributed by atoms with E-state index in [1.807, 2.05) is 0 Å². The van der Waals surface area contributed by atoms with Crippen LogP contribution in [0.15, 0.2) is 12.7 Å². The first-order valence-corrected chi connectivity index (χ1v) is 4.15. The summed E-state index contributed by atoms with van der Waals surface area (Å²) in [6.07, 6.45) is 6.98. The van der Waals surface area contributed by atoms with Gasteiger partial charge in [-0.05, 0) is 0 Å². The van der Waals surface area contributed by atoms with E-state index in [9.17, 15) is 9.59 Å². The maximum atomic E-state index is 11.3. The van der Waals surface area contributed by atoms with Crippen LogP contribution in [0.1, 0.15) is 12.8 Å². The van der Waals surface area contributed by atoms with Crippen molar-refractivity contribution in [3.8, 4) is 12.3 Å². The van der Waals surface area contributed by atoms with Gasteiger partial charge in [0.15, 0.2) is 0 Å². The SMILES string of the molecule is C#CCCC(=O)N(CC=C)CC(=O)O. The van der Waals surface area contributed by atoms with Crippen molar-refractivity contribution in [2.45, 2.75) is 12.8 Å². The third-order valence-electron chi connectivity index (χ3n) is 1.51. The predicted molar refractivity (Wildman–Crippen MR) is 52.5 cm³/mol. The Balaban J connectivity index is 4.18. The van der Waals surface area contributed by atoms with Gasteiger partial charge in [0.1, 0.15) is 6.54 Å². The fourth-order valence-corrected chi connectivity index (χ4v) is 0.911. The van der Waals surface area contributed by atoms with Gasteiger partial charge in [0.05, 0.1) is 0 Å². The quantitative estimate of drug-likeness (QED) is 0.496. The molecule has 0 spiro atoms. The first-order chi connectivity index (χ1) is 6.61. The number of aliphatic carboxylic acids is 1. The lowest BCUT2D eigenvalue weighted by atomic mass is 10.3. The van der Waals surface area contributed by atoms with Crippen molar-refractivity contribution in [3.05, 3.63) is 12.7 Å². The third kappa shape index (κ3) is 4.99. The Hall–Kier alpha value is -1.76. The molecule has 0 rings (SSSR count). The number of hydrogen-bond donors (Lipinski definition) is 1. The highest BCUT2D eigenvalue weighted by molar-refractivity contribution is 5.81. The van der Waals surface area contributed by atoms with Crippen LogP contribution in [0, 0.1) is 12.3 Å². The maximum Gasteiger partial charge on any atom is 0.323 e. The number of carboxylic acid groups (broad SMARTS) is 1. The highest BCUT2D eigenvalue weighted by Crippen LogP contribution is 1.97. The zero-order valence-electron chi connectivity index (χ0n) is 7.90. The van der Waals surface area contributed by atoms with Gasteiger partial charge in [-0.3, -0.25) is 9.59 Å². The summed E-state index contributed by atoms with van der Waals surface area (Å²) in [7, 11) is 0. The van der Waals surface area contributed by atoms with Crippen LogP contribution >= 0.6 is 0 Å². The summed E-state index contributed by atoms with van der Waals surface area (Å²) in [6, 6.07) is 0. The minimum Gasteiger partial charge on any atom is -0.480 e. The Labute approximate surface area is 83.2 Å². The largest absolute Gasteiger partial charge is 0.480 e. The molecule has 0 aromatic rings. The van der Waals surface area contributed by atoms with Crippen LogP contribution in [0.5, 0.6) is 0 Å². The van der Waals surface area contributed by atoms with Gasteiger partial charge in [-0.25, -0.2) is 0 Å². The summed E-state index contributed by atoms with van der Waals surface area (Å²) in [5.74, 6) is 1.03. The number of carboxylic acids is 1. The monoisotopic (exact) mass is 195 g/mol. The van der Waals surface area contributed by atoms with Gasteiger partial charge >= 0.3 is 5.97 Å². The Morgan fingerprint density at radius 3 is 2.64 bits per heavy atom. The Kier molecular flexibility index (Phi) is 5.88. The van der Waals surface area contributed by atoms with Crippen LogP contribution < -0.4 is 0 Å². The van der Waals surface area contributed by atoms with Crippen LogP contribution in [0.4, 0.5) is 0 Å². The van der Waals surface area contributed by atoms with Gasteiger partial charge in [0, 0.05) is 19.4 Å². The molecule has 1 N–H and O–H groups in total. The van der Waals surface area contributed by atoms with Crippen LogP contribution in [0.2, 0.25) is 0 Å². The van der Waals surface area contributed by atoms with Gasteiger partial charge in [0.2, 0.25) is 5.91 Å². The molecule has 0 aromatic heterocycles. The number of rotatable bonds is 6. The van der Waals surface area contributed by atoms with E-state index in [0.29, 0.717) is 6.42 Å². The van der Waals surface area contributed by atoms with E-state index in [2.05, 4.69) is 12.5 Å². The molecular weight excluding hydrogens is 182 g/mol. The number of amides is 1. The van der Waals surface area contributed by atoms with E-state index < -0.39 is 5.97 Å². The summed E-state index contributed by atoms with van der Waals surface area (Å²) in [5, 5.41) is 8.52. The van der Waals surface area contributed by atoms with Crippen molar-refractivity contribution in [3.63, 3.8) is 0 Å². The van der Waals surface area contributed by atoms with Crippen molar-refractivity contribution in [1.29, 1.82) is 0 Å². The number of carbonyl (C=O) groups is 2. The van der Waals surface area contributed by atoms with Gasteiger partial charge < -0.3 is 10.0 Å². The van der Waals surface area contributed by atoms with Crippen LogP contribution in [-0.2, 0) is 9.59 Å². The van der Waals surface area contributed by atoms with Gasteiger partial charge in [-0.1, -0.05) is 6.08 Å². The van der Waals surface area contributed by atoms with Gasteiger partial charge in [0.25, 0.3) is 0 Å². The second kappa shape index (κ2) is 6.72.